The second kappa shape index (κ2) is 5.13. The maximum atomic E-state index is 8.58. The maximum absolute atomic E-state index is 8.58. The van der Waals surface area contributed by atoms with E-state index in [1.165, 1.54) is 10.1 Å². The van der Waals surface area contributed by atoms with E-state index in [1.54, 1.807) is 11.3 Å². The van der Waals surface area contributed by atoms with E-state index >= 15 is 0 Å². The van der Waals surface area contributed by atoms with Crippen LogP contribution in [0.2, 0.25) is 0 Å². The molecule has 2 nitrogen and oxygen atoms in total. The number of nitrogens with two attached hydrogens (primary N) is 1. The number of rotatable bonds is 2. The van der Waals surface area contributed by atoms with Crippen LogP contribution >= 0.6 is 23.7 Å². The summed E-state index contributed by atoms with van der Waals surface area (Å²) in [6, 6.07) is 10.1. The molecule has 78 valence electrons. The third kappa shape index (κ3) is 2.29. The van der Waals surface area contributed by atoms with Gasteiger partial charge in [-0.05, 0) is 22.4 Å². The van der Waals surface area contributed by atoms with E-state index < -0.39 is 0 Å². The molecule has 2 aromatic rings. The van der Waals surface area contributed by atoms with Crippen LogP contribution in [0, 0.1) is 11.3 Å². The van der Waals surface area contributed by atoms with Crippen LogP contribution in [0.1, 0.15) is 18.0 Å². The highest BCUT2D eigenvalue weighted by atomic mass is 35.5. The molecular weight excluding hydrogens is 228 g/mol. The highest BCUT2D eigenvalue weighted by Crippen LogP contribution is 2.30. The molecule has 15 heavy (non-hydrogen) atoms. The lowest BCUT2D eigenvalue weighted by atomic mass is 10.0. The number of halogens is 1. The van der Waals surface area contributed by atoms with E-state index in [4.69, 9.17) is 11.0 Å². The fourth-order valence-electron chi connectivity index (χ4n) is 1.49. The van der Waals surface area contributed by atoms with Gasteiger partial charge in [-0.15, -0.1) is 23.7 Å². The first-order chi connectivity index (χ1) is 6.83. The van der Waals surface area contributed by atoms with Crippen LogP contribution in [0.4, 0.5) is 0 Å². The van der Waals surface area contributed by atoms with Gasteiger partial charge in [0.05, 0.1) is 12.5 Å². The smallest absolute Gasteiger partial charge is 0.0641 e. The Kier molecular flexibility index (Phi) is 4.10. The molecule has 4 heteroatoms. The predicted molar refractivity (Wildman–Crippen MR) is 66.2 cm³/mol. The average molecular weight is 239 g/mol. The van der Waals surface area contributed by atoms with Crippen molar-refractivity contribution in [3.05, 3.63) is 35.2 Å². The van der Waals surface area contributed by atoms with Crippen molar-refractivity contribution in [1.82, 2.24) is 0 Å². The van der Waals surface area contributed by atoms with Gasteiger partial charge < -0.3 is 5.73 Å². The van der Waals surface area contributed by atoms with Crippen molar-refractivity contribution in [3.8, 4) is 6.07 Å². The molecule has 0 saturated carbocycles. The van der Waals surface area contributed by atoms with Gasteiger partial charge in [0, 0.05) is 10.7 Å². The molecular formula is C11H11ClN2S. The van der Waals surface area contributed by atoms with Gasteiger partial charge >= 0.3 is 0 Å². The van der Waals surface area contributed by atoms with Gasteiger partial charge in [0.25, 0.3) is 0 Å². The average Bonchev–Trinajstić information content (AvgIpc) is 2.61. The lowest BCUT2D eigenvalue weighted by molar-refractivity contribution is 0.758. The van der Waals surface area contributed by atoms with Gasteiger partial charge in [-0.25, -0.2) is 0 Å². The number of nitrogens with zero attached hydrogens (tertiary/aromatic N) is 1. The number of nitriles is 1. The molecule has 0 fully saturated rings. The summed E-state index contributed by atoms with van der Waals surface area (Å²) in [4.78, 5) is 0. The van der Waals surface area contributed by atoms with Crippen LogP contribution in [-0.2, 0) is 0 Å². The van der Waals surface area contributed by atoms with E-state index in [2.05, 4.69) is 18.2 Å². The quantitative estimate of drug-likeness (QED) is 0.873. The van der Waals surface area contributed by atoms with Crippen molar-refractivity contribution < 1.29 is 0 Å². The topological polar surface area (TPSA) is 49.8 Å². The summed E-state index contributed by atoms with van der Waals surface area (Å²) in [6.07, 6.45) is 0.376. The lowest BCUT2D eigenvalue weighted by Gasteiger charge is -2.05. The van der Waals surface area contributed by atoms with E-state index in [9.17, 15) is 0 Å². The van der Waals surface area contributed by atoms with Crippen molar-refractivity contribution >= 4 is 33.8 Å². The zero-order valence-corrected chi connectivity index (χ0v) is 9.65. The highest BCUT2D eigenvalue weighted by Gasteiger charge is 2.10. The Bertz CT molecular complexity index is 487. The number of fused-ring (bicyclic) bond motifs is 1. The molecule has 0 saturated heterocycles. The first-order valence-electron chi connectivity index (χ1n) is 4.41. The molecule has 0 radical (unpaired) electrons. The monoisotopic (exact) mass is 238 g/mol. The molecule has 2 N–H and O–H groups in total. The summed E-state index contributed by atoms with van der Waals surface area (Å²) in [5.41, 5.74) is 6.99. The number of thiophene rings is 1. The lowest BCUT2D eigenvalue weighted by Crippen LogP contribution is -2.08. The number of hydrogen-bond donors (Lipinski definition) is 1. The summed E-state index contributed by atoms with van der Waals surface area (Å²) in [5, 5.41) is 11.8. The highest BCUT2D eigenvalue weighted by molar-refractivity contribution is 7.17. The third-order valence-electron chi connectivity index (χ3n) is 2.22. The molecule has 0 aliphatic heterocycles. The van der Waals surface area contributed by atoms with Crippen molar-refractivity contribution in [2.75, 3.05) is 0 Å². The summed E-state index contributed by atoms with van der Waals surface area (Å²) < 4.78 is 1.23. The fourth-order valence-corrected chi connectivity index (χ4v) is 2.52. The number of hydrogen-bond acceptors (Lipinski definition) is 3. The minimum Gasteiger partial charge on any atom is -0.323 e. The molecule has 0 aliphatic rings. The molecule has 0 aliphatic carbocycles. The first kappa shape index (κ1) is 12.0. The maximum Gasteiger partial charge on any atom is 0.0641 e. The Morgan fingerprint density at radius 1 is 1.40 bits per heavy atom. The Morgan fingerprint density at radius 3 is 2.87 bits per heavy atom. The van der Waals surface area contributed by atoms with Crippen LogP contribution in [0.15, 0.2) is 29.6 Å². The normalized spacial score (nSPS) is 11.7. The van der Waals surface area contributed by atoms with Gasteiger partial charge in [-0.3, -0.25) is 0 Å². The van der Waals surface area contributed by atoms with Crippen molar-refractivity contribution in [1.29, 1.82) is 5.26 Å². The van der Waals surface area contributed by atoms with Gasteiger partial charge in [0.2, 0.25) is 0 Å². The van der Waals surface area contributed by atoms with Gasteiger partial charge in [-0.2, -0.15) is 5.26 Å². The van der Waals surface area contributed by atoms with Crippen molar-refractivity contribution in [3.63, 3.8) is 0 Å². The first-order valence-corrected chi connectivity index (χ1v) is 5.29. The largest absolute Gasteiger partial charge is 0.323 e. The molecule has 1 aromatic heterocycles. The second-order valence-corrected chi connectivity index (χ2v) is 4.07. The van der Waals surface area contributed by atoms with Crippen LogP contribution in [0.25, 0.3) is 10.1 Å². The van der Waals surface area contributed by atoms with E-state index in [-0.39, 0.29) is 18.4 Å². The van der Waals surface area contributed by atoms with Crippen LogP contribution in [0.3, 0.4) is 0 Å². The Balaban J connectivity index is 0.00000112. The van der Waals surface area contributed by atoms with Crippen molar-refractivity contribution in [2.45, 2.75) is 12.5 Å². The van der Waals surface area contributed by atoms with Crippen LogP contribution < -0.4 is 5.73 Å². The molecule has 0 unspecified atom stereocenters. The van der Waals surface area contributed by atoms with E-state index in [0.717, 1.165) is 5.56 Å². The molecule has 0 spiro atoms. The minimum atomic E-state index is -0.156. The standard InChI is InChI=1S/C11H10N2S.ClH/c12-6-5-10(13)9-7-14-11-4-2-1-3-8(9)11;/h1-4,7,10H,5,13H2;1H/t10-;/m0./s1. The van der Waals surface area contributed by atoms with Crippen molar-refractivity contribution in [2.24, 2.45) is 5.73 Å². The van der Waals surface area contributed by atoms with Crippen LogP contribution in [0.5, 0.6) is 0 Å². The zero-order chi connectivity index (χ0) is 9.97. The summed E-state index contributed by atoms with van der Waals surface area (Å²) in [5.74, 6) is 0. The Hall–Kier alpha value is -1.08. The summed E-state index contributed by atoms with van der Waals surface area (Å²) >= 11 is 1.68. The number of benzene rings is 1. The fraction of sp³-hybridized carbons (Fsp3) is 0.182. The Labute approximate surface area is 98.7 Å². The Morgan fingerprint density at radius 2 is 2.13 bits per heavy atom. The minimum absolute atomic E-state index is 0. The third-order valence-corrected chi connectivity index (χ3v) is 3.20. The van der Waals surface area contributed by atoms with E-state index in [1.807, 2.05) is 17.5 Å². The zero-order valence-electron chi connectivity index (χ0n) is 8.01. The molecule has 1 aromatic carbocycles. The second-order valence-electron chi connectivity index (χ2n) is 3.16. The molecule has 0 bridgehead atoms. The molecule has 0 amide bonds. The summed E-state index contributed by atoms with van der Waals surface area (Å²) in [6.45, 7) is 0. The summed E-state index contributed by atoms with van der Waals surface area (Å²) in [7, 11) is 0. The predicted octanol–water partition coefficient (Wildman–Crippen LogP) is 3.24. The van der Waals surface area contributed by atoms with E-state index in [0.29, 0.717) is 6.42 Å². The van der Waals surface area contributed by atoms with Crippen LogP contribution in [-0.4, -0.2) is 0 Å². The van der Waals surface area contributed by atoms with Gasteiger partial charge in [0.15, 0.2) is 0 Å². The molecule has 1 atom stereocenters. The van der Waals surface area contributed by atoms with Gasteiger partial charge in [-0.1, -0.05) is 18.2 Å². The van der Waals surface area contributed by atoms with Gasteiger partial charge in [0.1, 0.15) is 0 Å². The SMILES string of the molecule is Cl.N#CC[C@H](N)c1csc2ccccc12. The molecule has 2 rings (SSSR count). The molecule has 1 heterocycles.